The summed E-state index contributed by atoms with van der Waals surface area (Å²) in [6.45, 7) is 2.08. The predicted molar refractivity (Wildman–Crippen MR) is 49.0 cm³/mol. The van der Waals surface area contributed by atoms with Gasteiger partial charge >= 0.3 is 0 Å². The predicted octanol–water partition coefficient (Wildman–Crippen LogP) is 3.17. The van der Waals surface area contributed by atoms with E-state index in [0.717, 1.165) is 21.2 Å². The van der Waals surface area contributed by atoms with E-state index in [1.807, 2.05) is 12.1 Å². The highest BCUT2D eigenvalue weighted by Crippen LogP contribution is 2.16. The van der Waals surface area contributed by atoms with Crippen LogP contribution in [0.1, 0.15) is 12.6 Å². The quantitative estimate of drug-likeness (QED) is 0.710. The largest absolute Gasteiger partial charge is 0.246 e. The molecule has 0 aliphatic heterocycles. The van der Waals surface area contributed by atoms with Gasteiger partial charge in [-0.3, -0.25) is 0 Å². The first-order valence-corrected chi connectivity index (χ1v) is 4.63. The third-order valence-corrected chi connectivity index (χ3v) is 2.04. The van der Waals surface area contributed by atoms with Gasteiger partial charge in [0.1, 0.15) is 4.60 Å². The van der Waals surface area contributed by atoms with Crippen LogP contribution in [0.5, 0.6) is 0 Å². The standard InChI is InChI=1S/C7H7Br2N/c1-2-6-3-5(8)4-7(9)10-6/h3-4H,2H2,1H3. The van der Waals surface area contributed by atoms with Gasteiger partial charge in [-0.05, 0) is 34.5 Å². The Kier molecular flexibility index (Phi) is 2.86. The molecule has 1 rings (SSSR count). The third-order valence-electron chi connectivity index (χ3n) is 1.17. The highest BCUT2D eigenvalue weighted by molar-refractivity contribution is 9.11. The van der Waals surface area contributed by atoms with Crippen molar-refractivity contribution in [3.63, 3.8) is 0 Å². The van der Waals surface area contributed by atoms with Gasteiger partial charge < -0.3 is 0 Å². The molecule has 0 amide bonds. The van der Waals surface area contributed by atoms with Crippen LogP contribution in [0.15, 0.2) is 21.2 Å². The summed E-state index contributed by atoms with van der Waals surface area (Å²) in [5.74, 6) is 0. The zero-order valence-corrected chi connectivity index (χ0v) is 8.74. The lowest BCUT2D eigenvalue weighted by Crippen LogP contribution is -1.86. The second-order valence-electron chi connectivity index (χ2n) is 1.95. The van der Waals surface area contributed by atoms with Crippen molar-refractivity contribution in [2.24, 2.45) is 0 Å². The first-order chi connectivity index (χ1) is 4.72. The summed E-state index contributed by atoms with van der Waals surface area (Å²) in [4.78, 5) is 4.24. The third kappa shape index (κ3) is 2.06. The molecule has 1 nitrogen and oxygen atoms in total. The molecule has 0 aliphatic carbocycles. The minimum atomic E-state index is 0.888. The normalized spacial score (nSPS) is 9.90. The van der Waals surface area contributed by atoms with Gasteiger partial charge in [-0.15, -0.1) is 0 Å². The van der Waals surface area contributed by atoms with E-state index >= 15 is 0 Å². The Hall–Kier alpha value is 0.110. The van der Waals surface area contributed by atoms with E-state index in [4.69, 9.17) is 0 Å². The van der Waals surface area contributed by atoms with Crippen LogP contribution in [0.2, 0.25) is 0 Å². The molecule has 0 unspecified atom stereocenters. The molecule has 0 fully saturated rings. The molecule has 0 aliphatic rings. The van der Waals surface area contributed by atoms with E-state index in [1.54, 1.807) is 0 Å². The molecule has 1 aromatic rings. The van der Waals surface area contributed by atoms with Crippen LogP contribution < -0.4 is 0 Å². The number of pyridine rings is 1. The number of halogens is 2. The van der Waals surface area contributed by atoms with Gasteiger partial charge in [0, 0.05) is 10.2 Å². The van der Waals surface area contributed by atoms with Gasteiger partial charge in [0.2, 0.25) is 0 Å². The van der Waals surface area contributed by atoms with Crippen molar-refractivity contribution in [2.75, 3.05) is 0 Å². The Balaban J connectivity index is 3.06. The number of nitrogens with zero attached hydrogens (tertiary/aromatic N) is 1. The lowest BCUT2D eigenvalue weighted by molar-refractivity contribution is 1.02. The van der Waals surface area contributed by atoms with Crippen LogP contribution in [-0.2, 0) is 6.42 Å². The Labute approximate surface area is 77.1 Å². The van der Waals surface area contributed by atoms with Crippen molar-refractivity contribution in [1.29, 1.82) is 0 Å². The fourth-order valence-corrected chi connectivity index (χ4v) is 1.96. The molecule has 0 aromatic carbocycles. The minimum absolute atomic E-state index is 0.888. The monoisotopic (exact) mass is 263 g/mol. The number of hydrogen-bond acceptors (Lipinski definition) is 1. The Morgan fingerprint density at radius 3 is 2.60 bits per heavy atom. The second-order valence-corrected chi connectivity index (χ2v) is 3.68. The van der Waals surface area contributed by atoms with Crippen molar-refractivity contribution in [3.8, 4) is 0 Å². The van der Waals surface area contributed by atoms with Crippen molar-refractivity contribution in [1.82, 2.24) is 4.98 Å². The lowest BCUT2D eigenvalue weighted by Gasteiger charge is -1.96. The van der Waals surface area contributed by atoms with Crippen LogP contribution in [0.4, 0.5) is 0 Å². The molecule has 0 radical (unpaired) electrons. The number of aromatic nitrogens is 1. The van der Waals surface area contributed by atoms with E-state index in [9.17, 15) is 0 Å². The summed E-state index contributed by atoms with van der Waals surface area (Å²) in [6.07, 6.45) is 0.970. The lowest BCUT2D eigenvalue weighted by atomic mass is 10.3. The van der Waals surface area contributed by atoms with Crippen LogP contribution in [-0.4, -0.2) is 4.98 Å². The highest BCUT2D eigenvalue weighted by Gasteiger charge is 1.95. The van der Waals surface area contributed by atoms with Gasteiger partial charge in [0.15, 0.2) is 0 Å². The Morgan fingerprint density at radius 2 is 2.10 bits per heavy atom. The van der Waals surface area contributed by atoms with Gasteiger partial charge in [-0.1, -0.05) is 22.9 Å². The van der Waals surface area contributed by atoms with Gasteiger partial charge in [0.25, 0.3) is 0 Å². The summed E-state index contributed by atoms with van der Waals surface area (Å²) >= 11 is 6.70. The second kappa shape index (κ2) is 3.49. The zero-order valence-electron chi connectivity index (χ0n) is 5.56. The molecule has 1 heterocycles. The summed E-state index contributed by atoms with van der Waals surface area (Å²) < 4.78 is 1.96. The maximum absolute atomic E-state index is 4.24. The SMILES string of the molecule is CCc1cc(Br)cc(Br)n1. The van der Waals surface area contributed by atoms with E-state index in [0.29, 0.717) is 0 Å². The molecule has 54 valence electrons. The fourth-order valence-electron chi connectivity index (χ4n) is 0.697. The molecule has 1 aromatic heterocycles. The molecule has 10 heavy (non-hydrogen) atoms. The average Bonchev–Trinajstić information content (AvgIpc) is 1.85. The van der Waals surface area contributed by atoms with Crippen molar-refractivity contribution >= 4 is 31.9 Å². The first kappa shape index (κ1) is 8.21. The summed E-state index contributed by atoms with van der Waals surface area (Å²) in [5, 5.41) is 0. The molecule has 0 spiro atoms. The van der Waals surface area contributed by atoms with E-state index in [1.165, 1.54) is 0 Å². The molecule has 0 atom stereocenters. The van der Waals surface area contributed by atoms with Crippen molar-refractivity contribution in [3.05, 3.63) is 26.9 Å². The van der Waals surface area contributed by atoms with E-state index in [2.05, 4.69) is 43.8 Å². The fraction of sp³-hybridized carbons (Fsp3) is 0.286. The molecule has 0 saturated heterocycles. The van der Waals surface area contributed by atoms with Gasteiger partial charge in [0.05, 0.1) is 0 Å². The highest BCUT2D eigenvalue weighted by atomic mass is 79.9. The van der Waals surface area contributed by atoms with Crippen LogP contribution in [0.3, 0.4) is 0 Å². The molecular formula is C7H7Br2N. The van der Waals surface area contributed by atoms with Crippen LogP contribution in [0, 0.1) is 0 Å². The smallest absolute Gasteiger partial charge is 0.107 e. The number of hydrogen-bond donors (Lipinski definition) is 0. The van der Waals surface area contributed by atoms with Crippen molar-refractivity contribution in [2.45, 2.75) is 13.3 Å². The Bertz CT molecular complexity index is 215. The zero-order chi connectivity index (χ0) is 7.56. The average molecular weight is 265 g/mol. The van der Waals surface area contributed by atoms with Crippen LogP contribution in [0.25, 0.3) is 0 Å². The molecule has 0 bridgehead atoms. The minimum Gasteiger partial charge on any atom is -0.246 e. The summed E-state index contributed by atoms with van der Waals surface area (Å²) in [6, 6.07) is 3.95. The van der Waals surface area contributed by atoms with Crippen LogP contribution >= 0.6 is 31.9 Å². The number of aryl methyl sites for hydroxylation is 1. The van der Waals surface area contributed by atoms with E-state index in [-0.39, 0.29) is 0 Å². The molecule has 3 heteroatoms. The summed E-state index contributed by atoms with van der Waals surface area (Å²) in [5.41, 5.74) is 1.10. The molecule has 0 saturated carbocycles. The first-order valence-electron chi connectivity index (χ1n) is 3.04. The molecular weight excluding hydrogens is 258 g/mol. The van der Waals surface area contributed by atoms with Gasteiger partial charge in [-0.2, -0.15) is 0 Å². The summed E-state index contributed by atoms with van der Waals surface area (Å²) in [7, 11) is 0. The topological polar surface area (TPSA) is 12.9 Å². The Morgan fingerprint density at radius 1 is 1.40 bits per heavy atom. The number of rotatable bonds is 1. The molecule has 0 N–H and O–H groups in total. The van der Waals surface area contributed by atoms with E-state index < -0.39 is 0 Å². The maximum Gasteiger partial charge on any atom is 0.107 e. The van der Waals surface area contributed by atoms with Gasteiger partial charge in [-0.25, -0.2) is 4.98 Å². The maximum atomic E-state index is 4.24. The van der Waals surface area contributed by atoms with Crippen molar-refractivity contribution < 1.29 is 0 Å².